The molecule has 0 aliphatic carbocycles. The van der Waals surface area contributed by atoms with Crippen molar-refractivity contribution in [1.82, 2.24) is 10.1 Å². The third-order valence-corrected chi connectivity index (χ3v) is 3.54. The van der Waals surface area contributed by atoms with E-state index in [-0.39, 0.29) is 5.91 Å². The third kappa shape index (κ3) is 4.44. The first-order valence-electron chi connectivity index (χ1n) is 8.06. The molecule has 0 unspecified atom stereocenters. The van der Waals surface area contributed by atoms with E-state index in [0.29, 0.717) is 24.7 Å². The maximum atomic E-state index is 12.2. The van der Waals surface area contributed by atoms with Crippen molar-refractivity contribution in [3.8, 4) is 17.2 Å². The first-order valence-corrected chi connectivity index (χ1v) is 8.06. The SMILES string of the molecule is CCOc1ccc(CC(=O)Nc2ccc(-c3nc(C)no3)cc2)cc1. The van der Waals surface area contributed by atoms with Crippen molar-refractivity contribution < 1.29 is 14.1 Å². The number of rotatable bonds is 6. The first-order chi connectivity index (χ1) is 12.1. The number of benzene rings is 2. The van der Waals surface area contributed by atoms with Crippen molar-refractivity contribution in [2.45, 2.75) is 20.3 Å². The molecule has 0 fully saturated rings. The summed E-state index contributed by atoms with van der Waals surface area (Å²) in [6.45, 7) is 4.33. The van der Waals surface area contributed by atoms with Gasteiger partial charge in [-0.2, -0.15) is 4.98 Å². The molecule has 0 spiro atoms. The van der Waals surface area contributed by atoms with E-state index in [0.717, 1.165) is 22.6 Å². The van der Waals surface area contributed by atoms with Gasteiger partial charge < -0.3 is 14.6 Å². The Hall–Kier alpha value is -3.15. The Morgan fingerprint density at radius 3 is 2.44 bits per heavy atom. The van der Waals surface area contributed by atoms with E-state index in [4.69, 9.17) is 9.26 Å². The summed E-state index contributed by atoms with van der Waals surface area (Å²) in [5.41, 5.74) is 2.46. The summed E-state index contributed by atoms with van der Waals surface area (Å²) in [7, 11) is 0. The van der Waals surface area contributed by atoms with Gasteiger partial charge >= 0.3 is 0 Å². The van der Waals surface area contributed by atoms with Crippen LogP contribution in [0.2, 0.25) is 0 Å². The van der Waals surface area contributed by atoms with Crippen molar-refractivity contribution in [2.75, 3.05) is 11.9 Å². The van der Waals surface area contributed by atoms with Crippen LogP contribution in [-0.4, -0.2) is 22.7 Å². The summed E-state index contributed by atoms with van der Waals surface area (Å²) in [6, 6.07) is 14.8. The molecule has 1 heterocycles. The topological polar surface area (TPSA) is 77.2 Å². The first kappa shape index (κ1) is 16.7. The zero-order valence-electron chi connectivity index (χ0n) is 14.2. The van der Waals surface area contributed by atoms with E-state index in [1.54, 1.807) is 6.92 Å². The van der Waals surface area contributed by atoms with Gasteiger partial charge in [0.15, 0.2) is 5.82 Å². The van der Waals surface area contributed by atoms with Crippen LogP contribution < -0.4 is 10.1 Å². The van der Waals surface area contributed by atoms with E-state index in [1.165, 1.54) is 0 Å². The van der Waals surface area contributed by atoms with Crippen LogP contribution in [0, 0.1) is 6.92 Å². The summed E-state index contributed by atoms with van der Waals surface area (Å²) in [4.78, 5) is 16.3. The van der Waals surface area contributed by atoms with Gasteiger partial charge in [-0.1, -0.05) is 17.3 Å². The van der Waals surface area contributed by atoms with Crippen LogP contribution in [0.3, 0.4) is 0 Å². The molecule has 0 aliphatic heterocycles. The number of aryl methyl sites for hydroxylation is 1. The molecule has 6 heteroatoms. The van der Waals surface area contributed by atoms with Crippen molar-refractivity contribution in [1.29, 1.82) is 0 Å². The largest absolute Gasteiger partial charge is 0.494 e. The molecule has 1 aromatic heterocycles. The van der Waals surface area contributed by atoms with Gasteiger partial charge in [-0.15, -0.1) is 0 Å². The molecule has 25 heavy (non-hydrogen) atoms. The summed E-state index contributed by atoms with van der Waals surface area (Å²) >= 11 is 0. The zero-order chi connectivity index (χ0) is 17.6. The Balaban J connectivity index is 1.59. The molecule has 3 aromatic rings. The molecular formula is C19H19N3O3. The maximum Gasteiger partial charge on any atom is 0.257 e. The van der Waals surface area contributed by atoms with Gasteiger partial charge in [0.2, 0.25) is 5.91 Å². The smallest absolute Gasteiger partial charge is 0.257 e. The molecule has 0 saturated heterocycles. The molecule has 0 radical (unpaired) electrons. The molecule has 0 aliphatic rings. The Kier molecular flexibility index (Phi) is 5.09. The van der Waals surface area contributed by atoms with Gasteiger partial charge in [0, 0.05) is 11.3 Å². The average molecular weight is 337 g/mol. The lowest BCUT2D eigenvalue weighted by Gasteiger charge is -2.07. The molecule has 0 saturated carbocycles. The van der Waals surface area contributed by atoms with E-state index in [2.05, 4.69) is 15.5 Å². The van der Waals surface area contributed by atoms with Gasteiger partial charge in [-0.05, 0) is 55.8 Å². The predicted octanol–water partition coefficient (Wildman–Crippen LogP) is 3.62. The number of carbonyl (C=O) groups is 1. The minimum atomic E-state index is -0.0782. The third-order valence-electron chi connectivity index (χ3n) is 3.54. The number of ether oxygens (including phenoxy) is 1. The molecule has 2 aromatic carbocycles. The van der Waals surface area contributed by atoms with Crippen LogP contribution in [0.25, 0.3) is 11.5 Å². The van der Waals surface area contributed by atoms with Gasteiger partial charge in [0.1, 0.15) is 5.75 Å². The number of anilines is 1. The summed E-state index contributed by atoms with van der Waals surface area (Å²) in [6.07, 6.45) is 0.303. The van der Waals surface area contributed by atoms with Crippen LogP contribution >= 0.6 is 0 Å². The van der Waals surface area contributed by atoms with Gasteiger partial charge in [-0.3, -0.25) is 4.79 Å². The van der Waals surface area contributed by atoms with Crippen LogP contribution in [0.1, 0.15) is 18.3 Å². The number of nitrogens with one attached hydrogen (secondary N) is 1. The maximum absolute atomic E-state index is 12.2. The van der Waals surface area contributed by atoms with Crippen LogP contribution in [0.5, 0.6) is 5.75 Å². The quantitative estimate of drug-likeness (QED) is 0.743. The average Bonchev–Trinajstić information content (AvgIpc) is 3.04. The highest BCUT2D eigenvalue weighted by Crippen LogP contribution is 2.20. The van der Waals surface area contributed by atoms with Gasteiger partial charge in [-0.25, -0.2) is 0 Å². The van der Waals surface area contributed by atoms with Crippen LogP contribution in [-0.2, 0) is 11.2 Å². The minimum absolute atomic E-state index is 0.0782. The second kappa shape index (κ2) is 7.61. The minimum Gasteiger partial charge on any atom is -0.494 e. The second-order valence-electron chi connectivity index (χ2n) is 5.53. The number of aromatic nitrogens is 2. The second-order valence-corrected chi connectivity index (χ2v) is 5.53. The van der Waals surface area contributed by atoms with E-state index < -0.39 is 0 Å². The number of amides is 1. The monoisotopic (exact) mass is 337 g/mol. The Morgan fingerprint density at radius 1 is 1.12 bits per heavy atom. The number of hydrogen-bond acceptors (Lipinski definition) is 5. The molecule has 128 valence electrons. The summed E-state index contributed by atoms with van der Waals surface area (Å²) in [5.74, 6) is 1.77. The molecular weight excluding hydrogens is 318 g/mol. The van der Waals surface area contributed by atoms with Gasteiger partial charge in [0.05, 0.1) is 13.0 Å². The number of hydrogen-bond donors (Lipinski definition) is 1. The lowest BCUT2D eigenvalue weighted by molar-refractivity contribution is -0.115. The summed E-state index contributed by atoms with van der Waals surface area (Å²) < 4.78 is 10.5. The van der Waals surface area contributed by atoms with E-state index in [9.17, 15) is 4.79 Å². The fraction of sp³-hybridized carbons (Fsp3) is 0.211. The zero-order valence-corrected chi connectivity index (χ0v) is 14.2. The Morgan fingerprint density at radius 2 is 1.84 bits per heavy atom. The highest BCUT2D eigenvalue weighted by molar-refractivity contribution is 5.92. The highest BCUT2D eigenvalue weighted by Gasteiger charge is 2.08. The predicted molar refractivity (Wildman–Crippen MR) is 94.4 cm³/mol. The Labute approximate surface area is 145 Å². The van der Waals surface area contributed by atoms with Crippen molar-refractivity contribution in [3.05, 3.63) is 59.9 Å². The van der Waals surface area contributed by atoms with Crippen molar-refractivity contribution >= 4 is 11.6 Å². The fourth-order valence-corrected chi connectivity index (χ4v) is 2.37. The van der Waals surface area contributed by atoms with Crippen LogP contribution in [0.4, 0.5) is 5.69 Å². The van der Waals surface area contributed by atoms with E-state index >= 15 is 0 Å². The number of carbonyl (C=O) groups excluding carboxylic acids is 1. The fourth-order valence-electron chi connectivity index (χ4n) is 2.37. The molecule has 1 amide bonds. The molecule has 1 N–H and O–H groups in total. The molecule has 0 atom stereocenters. The van der Waals surface area contributed by atoms with Crippen molar-refractivity contribution in [3.63, 3.8) is 0 Å². The molecule has 0 bridgehead atoms. The van der Waals surface area contributed by atoms with Crippen molar-refractivity contribution in [2.24, 2.45) is 0 Å². The Bertz CT molecular complexity index is 839. The summed E-state index contributed by atoms with van der Waals surface area (Å²) in [5, 5.41) is 6.64. The number of nitrogens with zero attached hydrogens (tertiary/aromatic N) is 2. The molecule has 6 nitrogen and oxygen atoms in total. The standard InChI is InChI=1S/C19H19N3O3/c1-3-24-17-10-4-14(5-11-17)12-18(23)21-16-8-6-15(7-9-16)19-20-13(2)22-25-19/h4-11H,3,12H2,1-2H3,(H,21,23). The van der Waals surface area contributed by atoms with E-state index in [1.807, 2.05) is 55.5 Å². The lowest BCUT2D eigenvalue weighted by atomic mass is 10.1. The van der Waals surface area contributed by atoms with Gasteiger partial charge in [0.25, 0.3) is 5.89 Å². The lowest BCUT2D eigenvalue weighted by Crippen LogP contribution is -2.14. The highest BCUT2D eigenvalue weighted by atomic mass is 16.5. The van der Waals surface area contributed by atoms with Crippen LogP contribution in [0.15, 0.2) is 53.1 Å². The molecule has 3 rings (SSSR count). The normalized spacial score (nSPS) is 10.5.